The molecule has 0 saturated carbocycles. The highest BCUT2D eigenvalue weighted by molar-refractivity contribution is 6.28. The van der Waals surface area contributed by atoms with Crippen LogP contribution >= 0.6 is 11.6 Å². The molecule has 0 aromatic carbocycles. The average Bonchev–Trinajstić information content (AvgIpc) is 2.16. The van der Waals surface area contributed by atoms with Crippen LogP contribution in [0.4, 0.5) is 11.9 Å². The second-order valence-corrected chi connectivity index (χ2v) is 3.10. The number of halogens is 1. The third-order valence-electron chi connectivity index (χ3n) is 1.58. The number of nitrogens with one attached hydrogen (secondary N) is 1. The lowest BCUT2D eigenvalue weighted by molar-refractivity contribution is 0.147. The molecule has 0 radical (unpaired) electrons. The molecule has 0 atom stereocenters. The number of nitrogen functional groups attached to an aromatic ring is 1. The van der Waals surface area contributed by atoms with E-state index >= 15 is 0 Å². The summed E-state index contributed by atoms with van der Waals surface area (Å²) in [6.07, 6.45) is 0.872. The number of ether oxygens (including phenoxy) is 1. The summed E-state index contributed by atoms with van der Waals surface area (Å²) in [6, 6.07) is 0. The van der Waals surface area contributed by atoms with Crippen LogP contribution in [0.5, 0.6) is 0 Å². The van der Waals surface area contributed by atoms with Gasteiger partial charge in [-0.3, -0.25) is 0 Å². The minimum atomic E-state index is 0.0924. The summed E-state index contributed by atoms with van der Waals surface area (Å²) in [7, 11) is 0. The van der Waals surface area contributed by atoms with Crippen LogP contribution in [0.3, 0.4) is 0 Å². The first-order chi connectivity index (χ1) is 7.22. The van der Waals surface area contributed by atoms with Crippen LogP contribution < -0.4 is 11.1 Å². The topological polar surface area (TPSA) is 86.0 Å². The zero-order valence-electron chi connectivity index (χ0n) is 8.53. The summed E-state index contributed by atoms with van der Waals surface area (Å²) in [5.74, 6) is 0.506. The van der Waals surface area contributed by atoms with E-state index in [1.807, 2.05) is 6.92 Å². The van der Waals surface area contributed by atoms with E-state index in [0.717, 1.165) is 13.0 Å². The fourth-order valence-electron chi connectivity index (χ4n) is 0.963. The monoisotopic (exact) mass is 231 g/mol. The van der Waals surface area contributed by atoms with Crippen LogP contribution in [-0.2, 0) is 4.74 Å². The van der Waals surface area contributed by atoms with Crippen molar-refractivity contribution in [3.63, 3.8) is 0 Å². The molecule has 7 heteroatoms. The van der Waals surface area contributed by atoms with Crippen molar-refractivity contribution in [2.75, 3.05) is 30.8 Å². The van der Waals surface area contributed by atoms with Gasteiger partial charge in [0, 0.05) is 19.8 Å². The summed E-state index contributed by atoms with van der Waals surface area (Å²) in [5.41, 5.74) is 5.40. The number of rotatable bonds is 6. The first kappa shape index (κ1) is 11.9. The molecule has 3 N–H and O–H groups in total. The number of aromatic nitrogens is 3. The van der Waals surface area contributed by atoms with Gasteiger partial charge in [0.1, 0.15) is 0 Å². The lowest BCUT2D eigenvalue weighted by Gasteiger charge is -2.04. The van der Waals surface area contributed by atoms with Gasteiger partial charge < -0.3 is 15.8 Å². The highest BCUT2D eigenvalue weighted by Crippen LogP contribution is 2.06. The summed E-state index contributed by atoms with van der Waals surface area (Å²) in [4.78, 5) is 11.4. The van der Waals surface area contributed by atoms with Crippen molar-refractivity contribution in [2.24, 2.45) is 0 Å². The van der Waals surface area contributed by atoms with Crippen LogP contribution in [-0.4, -0.2) is 34.7 Å². The lowest BCUT2D eigenvalue weighted by atomic mass is 10.4. The van der Waals surface area contributed by atoms with Gasteiger partial charge in [0.05, 0.1) is 0 Å². The fraction of sp³-hybridized carbons (Fsp3) is 0.625. The van der Waals surface area contributed by atoms with Crippen LogP contribution in [0.1, 0.15) is 13.3 Å². The Morgan fingerprint density at radius 2 is 2.20 bits per heavy atom. The van der Waals surface area contributed by atoms with E-state index in [9.17, 15) is 0 Å². The molecule has 1 aromatic heterocycles. The van der Waals surface area contributed by atoms with Crippen molar-refractivity contribution in [2.45, 2.75) is 13.3 Å². The maximum atomic E-state index is 5.61. The van der Waals surface area contributed by atoms with Gasteiger partial charge in [0.15, 0.2) is 0 Å². The Balaban J connectivity index is 2.31. The van der Waals surface area contributed by atoms with Crippen molar-refractivity contribution >= 4 is 23.5 Å². The fourth-order valence-corrected chi connectivity index (χ4v) is 1.13. The molecule has 6 nitrogen and oxygen atoms in total. The summed E-state index contributed by atoms with van der Waals surface area (Å²) in [6.45, 7) is 4.10. The average molecular weight is 232 g/mol. The third-order valence-corrected chi connectivity index (χ3v) is 1.75. The number of hydrogen-bond donors (Lipinski definition) is 2. The van der Waals surface area contributed by atoms with E-state index in [-0.39, 0.29) is 11.2 Å². The molecule has 0 aliphatic carbocycles. The first-order valence-corrected chi connectivity index (χ1v) is 5.09. The molecule has 1 aromatic rings. The third kappa shape index (κ3) is 4.75. The van der Waals surface area contributed by atoms with Crippen molar-refractivity contribution in [1.82, 2.24) is 15.0 Å². The maximum Gasteiger partial charge on any atom is 0.228 e. The summed E-state index contributed by atoms with van der Waals surface area (Å²) in [5, 5.41) is 3.07. The van der Waals surface area contributed by atoms with Crippen LogP contribution in [0.15, 0.2) is 0 Å². The van der Waals surface area contributed by atoms with Gasteiger partial charge in [-0.15, -0.1) is 0 Å². The molecule has 0 saturated heterocycles. The zero-order chi connectivity index (χ0) is 11.1. The van der Waals surface area contributed by atoms with Crippen molar-refractivity contribution in [1.29, 1.82) is 0 Å². The van der Waals surface area contributed by atoms with Crippen molar-refractivity contribution in [3.05, 3.63) is 5.28 Å². The van der Waals surface area contributed by atoms with E-state index < -0.39 is 0 Å². The van der Waals surface area contributed by atoms with E-state index in [1.165, 1.54) is 0 Å². The molecule has 84 valence electrons. The van der Waals surface area contributed by atoms with Gasteiger partial charge in [-0.1, -0.05) is 0 Å². The van der Waals surface area contributed by atoms with Crippen molar-refractivity contribution in [3.8, 4) is 0 Å². The molecule has 1 rings (SSSR count). The molecule has 0 bridgehead atoms. The Labute approximate surface area is 93.2 Å². The largest absolute Gasteiger partial charge is 0.382 e. The molecule has 0 aliphatic heterocycles. The summed E-state index contributed by atoms with van der Waals surface area (Å²) >= 11 is 5.61. The normalized spacial score (nSPS) is 10.3. The summed E-state index contributed by atoms with van der Waals surface area (Å²) < 4.78 is 5.17. The molecule has 0 aliphatic rings. The number of hydrogen-bond acceptors (Lipinski definition) is 6. The minimum absolute atomic E-state index is 0.0924. The minimum Gasteiger partial charge on any atom is -0.382 e. The standard InChI is InChI=1S/C8H14ClN5O/c1-2-15-5-3-4-11-8-13-6(9)12-7(10)14-8/h2-5H2,1H3,(H3,10,11,12,13,14). The van der Waals surface area contributed by atoms with E-state index in [2.05, 4.69) is 20.3 Å². The predicted molar refractivity (Wildman–Crippen MR) is 58.8 cm³/mol. The van der Waals surface area contributed by atoms with Gasteiger partial charge in [0.2, 0.25) is 17.2 Å². The molecule has 0 unspecified atom stereocenters. The Morgan fingerprint density at radius 1 is 1.40 bits per heavy atom. The van der Waals surface area contributed by atoms with Crippen LogP contribution in [0.25, 0.3) is 0 Å². The molecular weight excluding hydrogens is 218 g/mol. The van der Waals surface area contributed by atoms with Gasteiger partial charge in [-0.05, 0) is 24.9 Å². The molecule has 0 amide bonds. The number of nitrogens with zero attached hydrogens (tertiary/aromatic N) is 3. The van der Waals surface area contributed by atoms with E-state index in [0.29, 0.717) is 19.1 Å². The van der Waals surface area contributed by atoms with E-state index in [1.54, 1.807) is 0 Å². The highest BCUT2D eigenvalue weighted by atomic mass is 35.5. The number of anilines is 2. The second kappa shape index (κ2) is 6.36. The predicted octanol–water partition coefficient (Wildman–Crippen LogP) is 0.946. The molecule has 15 heavy (non-hydrogen) atoms. The Bertz CT molecular complexity index is 289. The smallest absolute Gasteiger partial charge is 0.228 e. The Morgan fingerprint density at radius 3 is 2.87 bits per heavy atom. The van der Waals surface area contributed by atoms with Crippen LogP contribution in [0.2, 0.25) is 5.28 Å². The SMILES string of the molecule is CCOCCCNc1nc(N)nc(Cl)n1. The molecule has 0 fully saturated rings. The van der Waals surface area contributed by atoms with Gasteiger partial charge in [-0.2, -0.15) is 15.0 Å². The molecular formula is C8H14ClN5O. The Hall–Kier alpha value is -1.14. The van der Waals surface area contributed by atoms with E-state index in [4.69, 9.17) is 22.1 Å². The maximum absolute atomic E-state index is 5.61. The zero-order valence-corrected chi connectivity index (χ0v) is 9.29. The van der Waals surface area contributed by atoms with Gasteiger partial charge in [-0.25, -0.2) is 0 Å². The quantitative estimate of drug-likeness (QED) is 0.709. The number of nitrogens with two attached hydrogens (primary N) is 1. The highest BCUT2D eigenvalue weighted by Gasteiger charge is 2.00. The molecule has 0 spiro atoms. The lowest BCUT2D eigenvalue weighted by Crippen LogP contribution is -2.10. The van der Waals surface area contributed by atoms with Gasteiger partial charge >= 0.3 is 0 Å². The molecule has 1 heterocycles. The van der Waals surface area contributed by atoms with Gasteiger partial charge in [0.25, 0.3) is 0 Å². The van der Waals surface area contributed by atoms with Crippen molar-refractivity contribution < 1.29 is 4.74 Å². The van der Waals surface area contributed by atoms with Crippen LogP contribution in [0, 0.1) is 0 Å². The first-order valence-electron chi connectivity index (χ1n) is 4.71. The second-order valence-electron chi connectivity index (χ2n) is 2.76. The Kier molecular flexibility index (Phi) is 5.06.